The SMILES string of the molecule is C(=Cc1cc(-c2ccccc2)nc2ccccc12)c1ccccc1.C1=NCCO1. The predicted octanol–water partition coefficient (Wildman–Crippen LogP) is 6.12. The van der Waals surface area contributed by atoms with Crippen molar-refractivity contribution in [2.24, 2.45) is 4.99 Å². The molecule has 0 bridgehead atoms. The molecule has 3 heteroatoms. The maximum Gasteiger partial charge on any atom is 0.169 e. The highest BCUT2D eigenvalue weighted by Crippen LogP contribution is 2.26. The molecule has 4 aromatic rings. The highest BCUT2D eigenvalue weighted by atomic mass is 16.5. The Labute approximate surface area is 171 Å². The van der Waals surface area contributed by atoms with Crippen molar-refractivity contribution in [3.63, 3.8) is 0 Å². The van der Waals surface area contributed by atoms with E-state index in [0.717, 1.165) is 29.9 Å². The van der Waals surface area contributed by atoms with E-state index < -0.39 is 0 Å². The molecule has 5 rings (SSSR count). The number of ether oxygens (including phenoxy) is 1. The first-order chi connectivity index (χ1) is 14.4. The normalized spacial score (nSPS) is 12.6. The quantitative estimate of drug-likeness (QED) is 0.430. The fourth-order valence-electron chi connectivity index (χ4n) is 3.11. The first kappa shape index (κ1) is 18.6. The minimum absolute atomic E-state index is 0.778. The lowest BCUT2D eigenvalue weighted by molar-refractivity contribution is 0.361. The average Bonchev–Trinajstić information content (AvgIpc) is 3.39. The van der Waals surface area contributed by atoms with E-state index in [9.17, 15) is 0 Å². The average molecular weight is 378 g/mol. The molecule has 1 aromatic heterocycles. The van der Waals surface area contributed by atoms with Gasteiger partial charge in [-0.3, -0.25) is 4.99 Å². The predicted molar refractivity (Wildman–Crippen MR) is 122 cm³/mol. The molecular formula is C26H22N2O. The Balaban J connectivity index is 0.000000359. The molecule has 0 saturated carbocycles. The second-order valence-electron chi connectivity index (χ2n) is 6.61. The van der Waals surface area contributed by atoms with E-state index >= 15 is 0 Å². The Hall–Kier alpha value is -3.72. The molecule has 1 aliphatic heterocycles. The van der Waals surface area contributed by atoms with Gasteiger partial charge in [0.15, 0.2) is 6.40 Å². The number of fused-ring (bicyclic) bond motifs is 1. The second kappa shape index (κ2) is 9.47. The number of aliphatic imine (C=N–C) groups is 1. The molecule has 1 aliphatic rings. The molecule has 29 heavy (non-hydrogen) atoms. The Morgan fingerprint density at radius 2 is 1.48 bits per heavy atom. The number of benzene rings is 3. The third-order valence-corrected chi connectivity index (χ3v) is 4.56. The summed E-state index contributed by atoms with van der Waals surface area (Å²) in [5, 5.41) is 1.17. The number of para-hydroxylation sites is 1. The van der Waals surface area contributed by atoms with Crippen LogP contribution in [0.15, 0.2) is 96.0 Å². The minimum atomic E-state index is 0.778. The smallest absolute Gasteiger partial charge is 0.169 e. The van der Waals surface area contributed by atoms with Gasteiger partial charge in [-0.2, -0.15) is 0 Å². The van der Waals surface area contributed by atoms with Crippen LogP contribution in [0.1, 0.15) is 11.1 Å². The Bertz CT molecular complexity index is 1110. The summed E-state index contributed by atoms with van der Waals surface area (Å²) >= 11 is 0. The standard InChI is InChI=1S/C23H17N.C3H5NO/c1-3-9-18(10-4-1)15-16-20-17-23(19-11-5-2-6-12-19)24-22-14-8-7-13-21(20)22;1-2-5-3-4-1/h1-17H;3H,1-2H2. The van der Waals surface area contributed by atoms with Crippen LogP contribution in [0, 0.1) is 0 Å². The molecule has 3 nitrogen and oxygen atoms in total. The summed E-state index contributed by atoms with van der Waals surface area (Å²) in [5.74, 6) is 0. The third-order valence-electron chi connectivity index (χ3n) is 4.56. The van der Waals surface area contributed by atoms with E-state index in [1.807, 2.05) is 30.3 Å². The molecule has 0 N–H and O–H groups in total. The van der Waals surface area contributed by atoms with Crippen LogP contribution in [0.4, 0.5) is 0 Å². The zero-order valence-corrected chi connectivity index (χ0v) is 16.1. The lowest BCUT2D eigenvalue weighted by Gasteiger charge is -2.07. The zero-order valence-electron chi connectivity index (χ0n) is 16.1. The molecule has 0 spiro atoms. The summed E-state index contributed by atoms with van der Waals surface area (Å²) in [6, 6.07) is 31.1. The van der Waals surface area contributed by atoms with Crippen molar-refractivity contribution in [3.8, 4) is 11.3 Å². The van der Waals surface area contributed by atoms with Crippen LogP contribution in [0.25, 0.3) is 34.3 Å². The Morgan fingerprint density at radius 3 is 2.17 bits per heavy atom. The van der Waals surface area contributed by atoms with Crippen LogP contribution in [0.2, 0.25) is 0 Å². The van der Waals surface area contributed by atoms with E-state index in [-0.39, 0.29) is 0 Å². The number of pyridine rings is 1. The summed E-state index contributed by atoms with van der Waals surface area (Å²) in [5.41, 5.74) is 5.54. The van der Waals surface area contributed by atoms with Gasteiger partial charge in [-0.15, -0.1) is 0 Å². The molecule has 142 valence electrons. The van der Waals surface area contributed by atoms with E-state index in [1.54, 1.807) is 0 Å². The fourth-order valence-corrected chi connectivity index (χ4v) is 3.11. The van der Waals surface area contributed by atoms with Gasteiger partial charge in [0.2, 0.25) is 0 Å². The largest absolute Gasteiger partial charge is 0.482 e. The lowest BCUT2D eigenvalue weighted by atomic mass is 10.0. The third kappa shape index (κ3) is 4.96. The summed E-state index contributed by atoms with van der Waals surface area (Å²) in [6.07, 6.45) is 5.81. The number of hydrogen-bond donors (Lipinski definition) is 0. The molecule has 2 heterocycles. The number of aromatic nitrogens is 1. The van der Waals surface area contributed by atoms with E-state index in [1.165, 1.54) is 22.9 Å². The van der Waals surface area contributed by atoms with Crippen molar-refractivity contribution in [2.75, 3.05) is 13.2 Å². The van der Waals surface area contributed by atoms with Crippen molar-refractivity contribution >= 4 is 29.5 Å². The van der Waals surface area contributed by atoms with Gasteiger partial charge in [0, 0.05) is 10.9 Å². The van der Waals surface area contributed by atoms with E-state index in [4.69, 9.17) is 4.98 Å². The number of rotatable bonds is 3. The molecule has 0 fully saturated rings. The molecule has 0 unspecified atom stereocenters. The van der Waals surface area contributed by atoms with Gasteiger partial charge >= 0.3 is 0 Å². The topological polar surface area (TPSA) is 34.5 Å². The molecule has 0 atom stereocenters. The van der Waals surface area contributed by atoms with Crippen molar-refractivity contribution in [1.82, 2.24) is 4.98 Å². The summed E-state index contributed by atoms with van der Waals surface area (Å²) < 4.78 is 4.65. The molecule has 0 amide bonds. The van der Waals surface area contributed by atoms with Crippen LogP contribution in [-0.4, -0.2) is 24.5 Å². The number of nitrogens with zero attached hydrogens (tertiary/aromatic N) is 2. The molecular weight excluding hydrogens is 356 g/mol. The Morgan fingerprint density at radius 1 is 0.759 bits per heavy atom. The first-order valence-corrected chi connectivity index (χ1v) is 9.68. The number of hydrogen-bond acceptors (Lipinski definition) is 3. The Kier molecular flexibility index (Phi) is 6.08. The monoisotopic (exact) mass is 378 g/mol. The van der Waals surface area contributed by atoms with Crippen LogP contribution in [0.3, 0.4) is 0 Å². The molecule has 0 saturated heterocycles. The van der Waals surface area contributed by atoms with E-state index in [0.29, 0.717) is 0 Å². The summed E-state index contributed by atoms with van der Waals surface area (Å²) in [7, 11) is 0. The van der Waals surface area contributed by atoms with Gasteiger partial charge < -0.3 is 4.74 Å². The van der Waals surface area contributed by atoms with Gasteiger partial charge in [-0.1, -0.05) is 91.0 Å². The fraction of sp³-hybridized carbons (Fsp3) is 0.0769. The minimum Gasteiger partial charge on any atom is -0.482 e. The summed E-state index contributed by atoms with van der Waals surface area (Å²) in [4.78, 5) is 8.56. The van der Waals surface area contributed by atoms with Crippen LogP contribution >= 0.6 is 0 Å². The first-order valence-electron chi connectivity index (χ1n) is 9.68. The van der Waals surface area contributed by atoms with Crippen LogP contribution in [0.5, 0.6) is 0 Å². The van der Waals surface area contributed by atoms with Crippen molar-refractivity contribution in [3.05, 3.63) is 102 Å². The second-order valence-corrected chi connectivity index (χ2v) is 6.61. The van der Waals surface area contributed by atoms with Crippen molar-refractivity contribution in [1.29, 1.82) is 0 Å². The van der Waals surface area contributed by atoms with Gasteiger partial charge in [-0.25, -0.2) is 4.98 Å². The maximum absolute atomic E-state index is 4.83. The maximum atomic E-state index is 4.83. The molecule has 0 radical (unpaired) electrons. The van der Waals surface area contributed by atoms with Crippen LogP contribution in [-0.2, 0) is 4.74 Å². The van der Waals surface area contributed by atoms with Crippen molar-refractivity contribution < 1.29 is 4.74 Å². The summed E-state index contributed by atoms with van der Waals surface area (Å²) in [6.45, 7) is 1.62. The highest BCUT2D eigenvalue weighted by molar-refractivity contribution is 5.92. The zero-order chi connectivity index (χ0) is 19.7. The van der Waals surface area contributed by atoms with Gasteiger partial charge in [0.25, 0.3) is 0 Å². The highest BCUT2D eigenvalue weighted by Gasteiger charge is 2.05. The van der Waals surface area contributed by atoms with E-state index in [2.05, 4.69) is 82.5 Å². The van der Waals surface area contributed by atoms with Crippen LogP contribution < -0.4 is 0 Å². The lowest BCUT2D eigenvalue weighted by Crippen LogP contribution is -1.88. The molecule has 0 aliphatic carbocycles. The molecule has 3 aromatic carbocycles. The van der Waals surface area contributed by atoms with Gasteiger partial charge in [0.1, 0.15) is 6.61 Å². The van der Waals surface area contributed by atoms with Crippen molar-refractivity contribution in [2.45, 2.75) is 0 Å². The van der Waals surface area contributed by atoms with Gasteiger partial charge in [-0.05, 0) is 23.3 Å². The van der Waals surface area contributed by atoms with Gasteiger partial charge in [0.05, 0.1) is 17.8 Å².